The van der Waals surface area contributed by atoms with Crippen LogP contribution in [0.1, 0.15) is 27.2 Å². The van der Waals surface area contributed by atoms with E-state index < -0.39 is 5.67 Å². The van der Waals surface area contributed by atoms with Crippen LogP contribution >= 0.6 is 0 Å². The number of rotatable bonds is 5. The van der Waals surface area contributed by atoms with Crippen molar-refractivity contribution in [2.45, 2.75) is 44.9 Å². The number of hydrogen-bond donors (Lipinski definition) is 2. The standard InChI is InChI=1S/C15H23FN2/c1-11(18-10-15(2,3)16)8-12-9-17-14-7-5-4-6-13(12)14/h4-7,9,11,13-14,17-18H,8,10H2,1-3H3/t11-,13?,14?/m1/s1. The van der Waals surface area contributed by atoms with Crippen LogP contribution in [0, 0.1) is 5.92 Å². The van der Waals surface area contributed by atoms with Crippen molar-refractivity contribution in [3.05, 3.63) is 36.1 Å². The Morgan fingerprint density at radius 2 is 2.11 bits per heavy atom. The van der Waals surface area contributed by atoms with Gasteiger partial charge in [0.1, 0.15) is 5.67 Å². The van der Waals surface area contributed by atoms with Gasteiger partial charge in [-0.1, -0.05) is 24.3 Å². The molecule has 1 aliphatic heterocycles. The summed E-state index contributed by atoms with van der Waals surface area (Å²) in [6.07, 6.45) is 11.7. The summed E-state index contributed by atoms with van der Waals surface area (Å²) in [6.45, 7) is 5.72. The summed E-state index contributed by atoms with van der Waals surface area (Å²) in [5, 5.41) is 6.64. The summed E-state index contributed by atoms with van der Waals surface area (Å²) in [4.78, 5) is 0. The van der Waals surface area contributed by atoms with Crippen LogP contribution in [0.4, 0.5) is 4.39 Å². The van der Waals surface area contributed by atoms with Crippen molar-refractivity contribution in [3.8, 4) is 0 Å². The van der Waals surface area contributed by atoms with Crippen molar-refractivity contribution < 1.29 is 4.39 Å². The number of nitrogens with one attached hydrogen (secondary N) is 2. The first-order chi connectivity index (χ1) is 8.46. The van der Waals surface area contributed by atoms with Crippen molar-refractivity contribution in [2.75, 3.05) is 6.54 Å². The van der Waals surface area contributed by atoms with E-state index in [1.54, 1.807) is 13.8 Å². The molecule has 18 heavy (non-hydrogen) atoms. The molecule has 0 spiro atoms. The number of allylic oxidation sites excluding steroid dienone is 2. The SMILES string of the molecule is C[C@H](CC1=CNC2C=CC=CC12)NCC(C)(C)F. The van der Waals surface area contributed by atoms with E-state index in [1.807, 2.05) is 0 Å². The van der Waals surface area contributed by atoms with Crippen molar-refractivity contribution in [2.24, 2.45) is 5.92 Å². The Hall–Kier alpha value is -1.09. The van der Waals surface area contributed by atoms with Crippen LogP contribution in [-0.4, -0.2) is 24.3 Å². The van der Waals surface area contributed by atoms with Gasteiger partial charge >= 0.3 is 0 Å². The van der Waals surface area contributed by atoms with Gasteiger partial charge in [0.05, 0.1) is 6.04 Å². The van der Waals surface area contributed by atoms with Gasteiger partial charge in [0, 0.05) is 18.5 Å². The molecule has 0 bridgehead atoms. The molecular weight excluding hydrogens is 227 g/mol. The lowest BCUT2D eigenvalue weighted by atomic mass is 9.88. The van der Waals surface area contributed by atoms with E-state index in [-0.39, 0.29) is 0 Å². The summed E-state index contributed by atoms with van der Waals surface area (Å²) in [7, 11) is 0. The monoisotopic (exact) mass is 250 g/mol. The lowest BCUT2D eigenvalue weighted by Crippen LogP contribution is -2.37. The lowest BCUT2D eigenvalue weighted by Gasteiger charge is -2.23. The number of alkyl halides is 1. The van der Waals surface area contributed by atoms with Crippen molar-refractivity contribution in [3.63, 3.8) is 0 Å². The first-order valence-corrected chi connectivity index (χ1v) is 6.68. The van der Waals surface area contributed by atoms with Gasteiger partial charge in [-0.2, -0.15) is 0 Å². The van der Waals surface area contributed by atoms with E-state index in [9.17, 15) is 4.39 Å². The second kappa shape index (κ2) is 5.27. The molecule has 0 aromatic heterocycles. The van der Waals surface area contributed by atoms with Crippen molar-refractivity contribution >= 4 is 0 Å². The molecule has 0 saturated carbocycles. The number of hydrogen-bond acceptors (Lipinski definition) is 2. The zero-order chi connectivity index (χ0) is 13.2. The summed E-state index contributed by atoms with van der Waals surface area (Å²) in [5.41, 5.74) is 0.254. The molecule has 2 aliphatic rings. The zero-order valence-corrected chi connectivity index (χ0v) is 11.4. The van der Waals surface area contributed by atoms with Crippen LogP contribution < -0.4 is 10.6 Å². The molecule has 3 heteroatoms. The first-order valence-electron chi connectivity index (χ1n) is 6.68. The predicted molar refractivity (Wildman–Crippen MR) is 74.0 cm³/mol. The minimum atomic E-state index is -1.15. The topological polar surface area (TPSA) is 24.1 Å². The summed E-state index contributed by atoms with van der Waals surface area (Å²) < 4.78 is 13.4. The molecule has 3 atom stereocenters. The third-order valence-corrected chi connectivity index (χ3v) is 3.44. The normalized spacial score (nSPS) is 27.7. The lowest BCUT2D eigenvalue weighted by molar-refractivity contribution is 0.203. The van der Waals surface area contributed by atoms with Crippen LogP contribution in [0.15, 0.2) is 36.1 Å². The average molecular weight is 250 g/mol. The molecule has 2 N–H and O–H groups in total. The maximum Gasteiger partial charge on any atom is 0.117 e. The van der Waals surface area contributed by atoms with Gasteiger partial charge in [0.2, 0.25) is 0 Å². The molecule has 0 aromatic rings. The highest BCUT2D eigenvalue weighted by atomic mass is 19.1. The van der Waals surface area contributed by atoms with E-state index in [0.29, 0.717) is 24.5 Å². The predicted octanol–water partition coefficient (Wildman–Crippen LogP) is 2.70. The molecule has 2 nitrogen and oxygen atoms in total. The fourth-order valence-electron chi connectivity index (χ4n) is 2.46. The van der Waals surface area contributed by atoms with E-state index in [4.69, 9.17) is 0 Å². The van der Waals surface area contributed by atoms with E-state index in [0.717, 1.165) is 6.42 Å². The van der Waals surface area contributed by atoms with E-state index >= 15 is 0 Å². The fourth-order valence-corrected chi connectivity index (χ4v) is 2.46. The Bertz CT molecular complexity index is 376. The number of fused-ring (bicyclic) bond motifs is 1. The maximum absolute atomic E-state index is 13.4. The molecule has 0 aromatic carbocycles. The van der Waals surface area contributed by atoms with Gasteiger partial charge in [0.15, 0.2) is 0 Å². The molecule has 0 radical (unpaired) electrons. The van der Waals surface area contributed by atoms with E-state index in [2.05, 4.69) is 48.1 Å². The van der Waals surface area contributed by atoms with Crippen molar-refractivity contribution in [1.29, 1.82) is 0 Å². The van der Waals surface area contributed by atoms with Gasteiger partial charge in [0.25, 0.3) is 0 Å². The highest BCUT2D eigenvalue weighted by Crippen LogP contribution is 2.29. The minimum absolute atomic E-state index is 0.297. The van der Waals surface area contributed by atoms with Crippen LogP contribution in [0.5, 0.6) is 0 Å². The van der Waals surface area contributed by atoms with Crippen LogP contribution in [0.3, 0.4) is 0 Å². The summed E-state index contributed by atoms with van der Waals surface area (Å²) in [6, 6.07) is 0.709. The van der Waals surface area contributed by atoms with Gasteiger partial charge in [-0.3, -0.25) is 0 Å². The van der Waals surface area contributed by atoms with Crippen LogP contribution in [-0.2, 0) is 0 Å². The van der Waals surface area contributed by atoms with Gasteiger partial charge < -0.3 is 10.6 Å². The van der Waals surface area contributed by atoms with Gasteiger partial charge in [-0.05, 0) is 39.0 Å². The molecule has 0 amide bonds. The van der Waals surface area contributed by atoms with Crippen LogP contribution in [0.2, 0.25) is 0 Å². The molecule has 1 heterocycles. The second-order valence-corrected chi connectivity index (χ2v) is 5.91. The first kappa shape index (κ1) is 13.3. The highest BCUT2D eigenvalue weighted by Gasteiger charge is 2.27. The molecule has 100 valence electrons. The third kappa shape index (κ3) is 3.45. The Morgan fingerprint density at radius 1 is 1.39 bits per heavy atom. The average Bonchev–Trinajstić information content (AvgIpc) is 2.70. The molecular formula is C15H23FN2. The number of halogens is 1. The fraction of sp³-hybridized carbons (Fsp3) is 0.600. The maximum atomic E-state index is 13.4. The van der Waals surface area contributed by atoms with Crippen LogP contribution in [0.25, 0.3) is 0 Å². The summed E-state index contributed by atoms with van der Waals surface area (Å²) in [5.74, 6) is 0.470. The van der Waals surface area contributed by atoms with E-state index in [1.165, 1.54) is 5.57 Å². The second-order valence-electron chi connectivity index (χ2n) is 5.91. The third-order valence-electron chi connectivity index (χ3n) is 3.44. The molecule has 1 aliphatic carbocycles. The molecule has 2 rings (SSSR count). The Morgan fingerprint density at radius 3 is 2.83 bits per heavy atom. The smallest absolute Gasteiger partial charge is 0.117 e. The molecule has 2 unspecified atom stereocenters. The van der Waals surface area contributed by atoms with Crippen molar-refractivity contribution in [1.82, 2.24) is 10.6 Å². The summed E-state index contributed by atoms with van der Waals surface area (Å²) >= 11 is 0. The van der Waals surface area contributed by atoms with Gasteiger partial charge in [-0.15, -0.1) is 0 Å². The largest absolute Gasteiger partial charge is 0.384 e. The Labute approximate surface area is 109 Å². The quantitative estimate of drug-likeness (QED) is 0.784. The minimum Gasteiger partial charge on any atom is -0.384 e. The highest BCUT2D eigenvalue weighted by molar-refractivity contribution is 5.31. The molecule has 0 fully saturated rings. The Kier molecular flexibility index (Phi) is 3.91. The van der Waals surface area contributed by atoms with Gasteiger partial charge in [-0.25, -0.2) is 4.39 Å². The molecule has 0 saturated heterocycles. The Balaban J connectivity index is 1.83. The zero-order valence-electron chi connectivity index (χ0n) is 11.4.